The highest BCUT2D eigenvalue weighted by Gasteiger charge is 2.52. The monoisotopic (exact) mass is 597 g/mol. The first kappa shape index (κ1) is 31.7. The summed E-state index contributed by atoms with van der Waals surface area (Å²) < 4.78 is 0. The maximum Gasteiger partial charge on any atom is 0.0733 e. The third kappa shape index (κ3) is 6.24. The second-order valence-corrected chi connectivity index (χ2v) is 14.5. The molecule has 0 amide bonds. The molecule has 2 unspecified atom stereocenters. The van der Waals surface area contributed by atoms with E-state index in [1.54, 1.807) is 0 Å². The van der Waals surface area contributed by atoms with Gasteiger partial charge in [-0.25, -0.2) is 0 Å². The highest BCUT2D eigenvalue weighted by molar-refractivity contribution is 8.03. The zero-order chi connectivity index (χ0) is 31.6. The van der Waals surface area contributed by atoms with Crippen molar-refractivity contribution in [1.29, 1.82) is 0 Å². The number of hydrogen-bond donors (Lipinski definition) is 1. The van der Waals surface area contributed by atoms with Gasteiger partial charge < -0.3 is 5.73 Å². The Morgan fingerprint density at radius 2 is 1.48 bits per heavy atom. The number of rotatable bonds is 2. The maximum atomic E-state index is 6.36. The minimum atomic E-state index is -0.278. The standard InChI is InChI=1S/C27H23NS.C11H14.C4H10/c1-16-7-10-19-20-11-9-18(28)15-24(20)27(23(19)13-16)21-5-3-4-6-25(21)29-26-14-17(2)8-12-22(26)27;1-9(2)8-11-6-4-10(3)5-7-11;1-4(2)3/h3-7,9-15,17H,8,28H2,1-2H3;4-7H,1,8H2,2-3H3;4H,1-3H3. The van der Waals surface area contributed by atoms with Crippen LogP contribution in [0.4, 0.5) is 5.69 Å². The number of thioether (sulfide) groups is 1. The molecule has 4 aromatic carbocycles. The van der Waals surface area contributed by atoms with Gasteiger partial charge in [-0.05, 0) is 103 Å². The molecule has 4 aromatic rings. The van der Waals surface area contributed by atoms with Crippen molar-refractivity contribution in [2.75, 3.05) is 5.73 Å². The average molecular weight is 598 g/mol. The van der Waals surface area contributed by atoms with Crippen molar-refractivity contribution >= 4 is 17.4 Å². The molecule has 0 radical (unpaired) electrons. The number of hydrogen-bond acceptors (Lipinski definition) is 2. The second kappa shape index (κ2) is 13.1. The van der Waals surface area contributed by atoms with Crippen LogP contribution >= 0.6 is 11.8 Å². The van der Waals surface area contributed by atoms with Gasteiger partial charge in [0.1, 0.15) is 0 Å². The summed E-state index contributed by atoms with van der Waals surface area (Å²) in [7, 11) is 0. The number of aryl methyl sites for hydroxylation is 2. The Morgan fingerprint density at radius 1 is 0.864 bits per heavy atom. The lowest BCUT2D eigenvalue weighted by atomic mass is 9.65. The van der Waals surface area contributed by atoms with Crippen LogP contribution in [0.3, 0.4) is 0 Å². The smallest absolute Gasteiger partial charge is 0.0733 e. The summed E-state index contributed by atoms with van der Waals surface area (Å²) in [5.74, 6) is 1.40. The lowest BCUT2D eigenvalue weighted by Gasteiger charge is -2.43. The predicted octanol–water partition coefficient (Wildman–Crippen LogP) is 11.6. The molecule has 2 heteroatoms. The zero-order valence-corrected chi connectivity index (χ0v) is 28.3. The van der Waals surface area contributed by atoms with E-state index in [4.69, 9.17) is 5.73 Å². The van der Waals surface area contributed by atoms with Gasteiger partial charge in [0.05, 0.1) is 5.41 Å². The fraction of sp³-hybridized carbons (Fsp3) is 0.286. The molecule has 44 heavy (non-hydrogen) atoms. The van der Waals surface area contributed by atoms with Gasteiger partial charge in [-0.2, -0.15) is 0 Å². The van der Waals surface area contributed by atoms with Gasteiger partial charge in [-0.1, -0.05) is 142 Å². The Morgan fingerprint density at radius 3 is 2.16 bits per heavy atom. The van der Waals surface area contributed by atoms with E-state index < -0.39 is 0 Å². The number of allylic oxidation sites excluding steroid dienone is 4. The minimum Gasteiger partial charge on any atom is -0.399 e. The summed E-state index contributed by atoms with van der Waals surface area (Å²) >= 11 is 1.92. The minimum absolute atomic E-state index is 0.278. The number of anilines is 1. The second-order valence-electron chi connectivity index (χ2n) is 13.4. The molecule has 0 fully saturated rings. The predicted molar refractivity (Wildman–Crippen MR) is 193 cm³/mol. The van der Waals surface area contributed by atoms with Gasteiger partial charge in [0.15, 0.2) is 0 Å². The molecule has 1 heterocycles. The summed E-state index contributed by atoms with van der Waals surface area (Å²) in [4.78, 5) is 2.76. The van der Waals surface area contributed by atoms with E-state index in [0.717, 1.165) is 24.4 Å². The molecule has 226 valence electrons. The Hall–Kier alpha value is -3.75. The summed E-state index contributed by atoms with van der Waals surface area (Å²) in [6, 6.07) is 30.9. The zero-order valence-electron chi connectivity index (χ0n) is 27.5. The largest absolute Gasteiger partial charge is 0.399 e. The van der Waals surface area contributed by atoms with Crippen LogP contribution in [-0.4, -0.2) is 0 Å². The van der Waals surface area contributed by atoms with Crippen LogP contribution in [0.2, 0.25) is 0 Å². The van der Waals surface area contributed by atoms with Gasteiger partial charge in [0, 0.05) is 15.5 Å². The fourth-order valence-electron chi connectivity index (χ4n) is 6.47. The molecule has 1 spiro atoms. The molecule has 3 aliphatic rings. The van der Waals surface area contributed by atoms with Crippen molar-refractivity contribution in [2.45, 2.75) is 71.6 Å². The summed E-state index contributed by atoms with van der Waals surface area (Å²) in [6.45, 7) is 19.0. The normalized spacial score (nSPS) is 18.8. The molecule has 1 nitrogen and oxygen atoms in total. The van der Waals surface area contributed by atoms with Crippen LogP contribution in [0.1, 0.15) is 74.4 Å². The first-order valence-electron chi connectivity index (χ1n) is 15.9. The molecule has 0 saturated heterocycles. The molecule has 0 aromatic heterocycles. The Balaban J connectivity index is 0.000000214. The van der Waals surface area contributed by atoms with Crippen LogP contribution < -0.4 is 5.73 Å². The number of benzene rings is 4. The maximum absolute atomic E-state index is 6.36. The number of nitrogens with two attached hydrogens (primary N) is 1. The first-order chi connectivity index (χ1) is 21.0. The molecule has 2 aliphatic carbocycles. The Kier molecular flexibility index (Phi) is 9.42. The number of fused-ring (bicyclic) bond motifs is 9. The lowest BCUT2D eigenvalue weighted by molar-refractivity contribution is 0.676. The Bertz CT molecular complexity index is 1680. The van der Waals surface area contributed by atoms with Crippen LogP contribution in [0, 0.1) is 25.7 Å². The van der Waals surface area contributed by atoms with E-state index in [9.17, 15) is 0 Å². The van der Waals surface area contributed by atoms with Crippen molar-refractivity contribution in [3.8, 4) is 11.1 Å². The molecule has 0 bridgehead atoms. The first-order valence-corrected chi connectivity index (χ1v) is 16.7. The van der Waals surface area contributed by atoms with Crippen molar-refractivity contribution in [3.63, 3.8) is 0 Å². The summed E-state index contributed by atoms with van der Waals surface area (Å²) in [6.07, 6.45) is 7.05. The molecule has 2 atom stereocenters. The van der Waals surface area contributed by atoms with E-state index >= 15 is 0 Å². The van der Waals surface area contributed by atoms with Crippen molar-refractivity contribution in [2.24, 2.45) is 11.8 Å². The van der Waals surface area contributed by atoms with Crippen molar-refractivity contribution in [1.82, 2.24) is 0 Å². The molecule has 7 rings (SSSR count). The fourth-order valence-corrected chi connectivity index (χ4v) is 7.83. The number of nitrogen functional groups attached to an aromatic ring is 1. The topological polar surface area (TPSA) is 26.0 Å². The molecular formula is C42H47NS. The van der Waals surface area contributed by atoms with Crippen LogP contribution in [0.25, 0.3) is 11.1 Å². The third-order valence-corrected chi connectivity index (χ3v) is 9.41. The molecule has 1 aliphatic heterocycles. The van der Waals surface area contributed by atoms with E-state index in [1.807, 2.05) is 17.8 Å². The Labute approximate surface area is 270 Å². The summed E-state index contributed by atoms with van der Waals surface area (Å²) in [5.41, 5.74) is 20.3. The van der Waals surface area contributed by atoms with Gasteiger partial charge in [-0.3, -0.25) is 0 Å². The van der Waals surface area contributed by atoms with Crippen LogP contribution in [-0.2, 0) is 11.8 Å². The lowest BCUT2D eigenvalue weighted by Crippen LogP contribution is -2.34. The van der Waals surface area contributed by atoms with Crippen molar-refractivity contribution in [3.05, 3.63) is 153 Å². The van der Waals surface area contributed by atoms with E-state index in [-0.39, 0.29) is 5.41 Å². The van der Waals surface area contributed by atoms with Gasteiger partial charge in [0.25, 0.3) is 0 Å². The summed E-state index contributed by atoms with van der Waals surface area (Å²) in [5, 5.41) is 0. The average Bonchev–Trinajstić information content (AvgIpc) is 3.23. The SMILES string of the molecule is C=C(C)Cc1ccc(C)cc1.CC(C)C.Cc1ccc2c(c1)C1(C3=CCC(C)C=C3Sc3ccccc31)c1cc(N)ccc1-2. The highest BCUT2D eigenvalue weighted by Crippen LogP contribution is 2.64. The molecule has 0 saturated carbocycles. The molecule has 2 N–H and O–H groups in total. The van der Waals surface area contributed by atoms with Crippen LogP contribution in [0.15, 0.2) is 125 Å². The van der Waals surface area contributed by atoms with Crippen LogP contribution in [0.5, 0.6) is 0 Å². The van der Waals surface area contributed by atoms with E-state index in [2.05, 4.69) is 146 Å². The van der Waals surface area contributed by atoms with Gasteiger partial charge in [0.2, 0.25) is 0 Å². The molecular weight excluding hydrogens is 551 g/mol. The quantitative estimate of drug-likeness (QED) is 0.184. The third-order valence-electron chi connectivity index (χ3n) is 8.25. The van der Waals surface area contributed by atoms with E-state index in [1.165, 1.54) is 65.5 Å². The van der Waals surface area contributed by atoms with E-state index in [0.29, 0.717) is 5.92 Å². The highest BCUT2D eigenvalue weighted by atomic mass is 32.2. The van der Waals surface area contributed by atoms with Gasteiger partial charge in [-0.15, -0.1) is 0 Å². The van der Waals surface area contributed by atoms with Crippen molar-refractivity contribution < 1.29 is 0 Å². The van der Waals surface area contributed by atoms with Gasteiger partial charge >= 0.3 is 0 Å².